The van der Waals surface area contributed by atoms with Crippen molar-refractivity contribution in [3.05, 3.63) is 177 Å². The lowest BCUT2D eigenvalue weighted by atomic mass is 9.81. The standard InChI is InChI=1S/2C22H30.C14H14/c2*1-15-9-11-17(21(3,4)5)13-19(15)20-14-18(22(6,7)8)12-10-16(20)2;1-11-6-8-13(9-7-11)14-5-3-4-12(2)10-14/h2*9-14H,1-8H3;3-10H,1-2H3. The minimum Gasteiger partial charge on any atom is -0.0614 e. The zero-order valence-electron chi connectivity index (χ0n) is 39.5. The minimum absolute atomic E-state index is 0.179. The lowest BCUT2D eigenvalue weighted by Crippen LogP contribution is -2.12. The van der Waals surface area contributed by atoms with Crippen molar-refractivity contribution in [1.29, 1.82) is 0 Å². The van der Waals surface area contributed by atoms with Crippen molar-refractivity contribution in [3.8, 4) is 33.4 Å². The minimum atomic E-state index is 0.179. The highest BCUT2D eigenvalue weighted by atomic mass is 14.2. The Labute approximate surface area is 355 Å². The van der Waals surface area contributed by atoms with Gasteiger partial charge in [0.25, 0.3) is 0 Å². The molecule has 306 valence electrons. The molecule has 6 aromatic carbocycles. The molecule has 0 radical (unpaired) electrons. The second kappa shape index (κ2) is 18.1. The molecule has 0 spiro atoms. The first kappa shape index (κ1) is 46.0. The van der Waals surface area contributed by atoms with Gasteiger partial charge in [0.15, 0.2) is 0 Å². The van der Waals surface area contributed by atoms with Crippen LogP contribution in [0.15, 0.2) is 121 Å². The first-order valence-electron chi connectivity index (χ1n) is 21.3. The number of benzene rings is 6. The van der Waals surface area contributed by atoms with Crippen LogP contribution in [0.25, 0.3) is 33.4 Å². The second-order valence-electron chi connectivity index (χ2n) is 20.9. The van der Waals surface area contributed by atoms with E-state index >= 15 is 0 Å². The highest BCUT2D eigenvalue weighted by Gasteiger charge is 2.20. The van der Waals surface area contributed by atoms with Crippen LogP contribution in [-0.4, -0.2) is 0 Å². The summed E-state index contributed by atoms with van der Waals surface area (Å²) in [5.41, 5.74) is 22.4. The molecule has 0 aliphatic rings. The van der Waals surface area contributed by atoms with Crippen molar-refractivity contribution in [2.24, 2.45) is 0 Å². The number of rotatable bonds is 3. The van der Waals surface area contributed by atoms with Gasteiger partial charge in [0, 0.05) is 0 Å². The van der Waals surface area contributed by atoms with E-state index in [1.807, 2.05) is 0 Å². The molecule has 0 fully saturated rings. The smallest absolute Gasteiger partial charge is 0.0132 e. The molecule has 0 heterocycles. The lowest BCUT2D eigenvalue weighted by molar-refractivity contribution is 0.589. The quantitative estimate of drug-likeness (QED) is 0.168. The molecule has 0 saturated heterocycles. The average Bonchev–Trinajstić information content (AvgIpc) is 3.12. The van der Waals surface area contributed by atoms with Gasteiger partial charge in [-0.1, -0.05) is 216 Å². The van der Waals surface area contributed by atoms with Crippen LogP contribution in [-0.2, 0) is 21.7 Å². The summed E-state index contributed by atoms with van der Waals surface area (Å²) in [6, 6.07) is 44.9. The molecule has 0 aromatic heterocycles. The van der Waals surface area contributed by atoms with E-state index in [9.17, 15) is 0 Å². The molecule has 0 atom stereocenters. The molecule has 0 bridgehead atoms. The SMILES string of the molecule is Cc1ccc(-c2cccc(C)c2)cc1.Cc1ccc(C(C)(C)C)cc1-c1cc(C(C)(C)C)ccc1C.Cc1ccc(C(C)(C)C)cc1-c1cc(C(C)(C)C)ccc1C. The topological polar surface area (TPSA) is 0 Å². The van der Waals surface area contributed by atoms with Crippen molar-refractivity contribution in [2.75, 3.05) is 0 Å². The summed E-state index contributed by atoms with van der Waals surface area (Å²) in [6.45, 7) is 40.4. The molecule has 0 heteroatoms. The van der Waals surface area contributed by atoms with Crippen LogP contribution in [0, 0.1) is 41.5 Å². The summed E-state index contributed by atoms with van der Waals surface area (Å²) >= 11 is 0. The van der Waals surface area contributed by atoms with Gasteiger partial charge in [0.05, 0.1) is 0 Å². The molecule has 6 aromatic rings. The van der Waals surface area contributed by atoms with Crippen molar-refractivity contribution >= 4 is 0 Å². The predicted molar refractivity (Wildman–Crippen MR) is 259 cm³/mol. The predicted octanol–water partition coefficient (Wildman–Crippen LogP) is 17.1. The number of hydrogen-bond donors (Lipinski definition) is 0. The van der Waals surface area contributed by atoms with E-state index in [0.717, 1.165) is 0 Å². The molecule has 58 heavy (non-hydrogen) atoms. The highest BCUT2D eigenvalue weighted by Crippen LogP contribution is 2.36. The molecule has 0 nitrogen and oxygen atoms in total. The summed E-state index contributed by atoms with van der Waals surface area (Å²) in [7, 11) is 0. The second-order valence-corrected chi connectivity index (χ2v) is 20.9. The summed E-state index contributed by atoms with van der Waals surface area (Å²) in [5, 5.41) is 0. The third-order valence-corrected chi connectivity index (χ3v) is 11.4. The van der Waals surface area contributed by atoms with Crippen LogP contribution in [0.4, 0.5) is 0 Å². The summed E-state index contributed by atoms with van der Waals surface area (Å²) < 4.78 is 0. The first-order chi connectivity index (χ1) is 26.8. The molecular formula is C58H74. The largest absolute Gasteiger partial charge is 0.0614 e. The van der Waals surface area contributed by atoms with E-state index in [-0.39, 0.29) is 21.7 Å². The fraction of sp³-hybridized carbons (Fsp3) is 0.379. The Kier molecular flexibility index (Phi) is 14.3. The van der Waals surface area contributed by atoms with Crippen LogP contribution in [0.5, 0.6) is 0 Å². The molecule has 0 aliphatic heterocycles. The van der Waals surface area contributed by atoms with Crippen molar-refractivity contribution in [1.82, 2.24) is 0 Å². The Hall–Kier alpha value is -4.68. The molecule has 0 aliphatic carbocycles. The van der Waals surface area contributed by atoms with Gasteiger partial charge >= 0.3 is 0 Å². The van der Waals surface area contributed by atoms with Gasteiger partial charge in [-0.3, -0.25) is 0 Å². The van der Waals surface area contributed by atoms with Crippen LogP contribution in [0.2, 0.25) is 0 Å². The number of aryl methyl sites for hydroxylation is 6. The van der Waals surface area contributed by atoms with E-state index in [1.54, 1.807) is 0 Å². The molecular weight excluding hydrogens is 697 g/mol. The maximum absolute atomic E-state index is 2.38. The van der Waals surface area contributed by atoms with Gasteiger partial charge in [0.1, 0.15) is 0 Å². The zero-order chi connectivity index (χ0) is 43.4. The van der Waals surface area contributed by atoms with Gasteiger partial charge in [-0.25, -0.2) is 0 Å². The zero-order valence-corrected chi connectivity index (χ0v) is 39.5. The van der Waals surface area contributed by atoms with Crippen molar-refractivity contribution in [2.45, 2.75) is 146 Å². The monoisotopic (exact) mass is 771 g/mol. The molecule has 0 N–H and O–H groups in total. The highest BCUT2D eigenvalue weighted by molar-refractivity contribution is 5.73. The van der Waals surface area contributed by atoms with Crippen LogP contribution in [0.3, 0.4) is 0 Å². The van der Waals surface area contributed by atoms with Crippen molar-refractivity contribution < 1.29 is 0 Å². The number of hydrogen-bond acceptors (Lipinski definition) is 0. The third-order valence-electron chi connectivity index (χ3n) is 11.4. The summed E-state index contributed by atoms with van der Waals surface area (Å²) in [5.74, 6) is 0. The van der Waals surface area contributed by atoms with Gasteiger partial charge in [-0.15, -0.1) is 0 Å². The van der Waals surface area contributed by atoms with E-state index in [4.69, 9.17) is 0 Å². The van der Waals surface area contributed by atoms with Gasteiger partial charge in [-0.05, 0) is 141 Å². The average molecular weight is 771 g/mol. The maximum atomic E-state index is 2.38. The van der Waals surface area contributed by atoms with E-state index < -0.39 is 0 Å². The fourth-order valence-corrected chi connectivity index (χ4v) is 7.09. The van der Waals surface area contributed by atoms with Crippen LogP contribution in [0.1, 0.15) is 139 Å². The summed E-state index contributed by atoms with van der Waals surface area (Å²) in [6.07, 6.45) is 0. The Balaban J connectivity index is 0.000000197. The van der Waals surface area contributed by atoms with E-state index in [0.29, 0.717) is 0 Å². The Morgan fingerprint density at radius 1 is 0.259 bits per heavy atom. The normalized spacial score (nSPS) is 12.0. The molecule has 0 saturated carbocycles. The lowest BCUT2D eigenvalue weighted by Gasteiger charge is -2.23. The van der Waals surface area contributed by atoms with Gasteiger partial charge in [0.2, 0.25) is 0 Å². The first-order valence-corrected chi connectivity index (χ1v) is 21.3. The molecule has 0 amide bonds. The van der Waals surface area contributed by atoms with Crippen LogP contribution < -0.4 is 0 Å². The third kappa shape index (κ3) is 12.2. The fourth-order valence-electron chi connectivity index (χ4n) is 7.09. The van der Waals surface area contributed by atoms with Crippen molar-refractivity contribution in [3.63, 3.8) is 0 Å². The Morgan fingerprint density at radius 2 is 0.552 bits per heavy atom. The summed E-state index contributed by atoms with van der Waals surface area (Å²) in [4.78, 5) is 0. The Morgan fingerprint density at radius 3 is 0.810 bits per heavy atom. The van der Waals surface area contributed by atoms with Gasteiger partial charge in [-0.2, -0.15) is 0 Å². The van der Waals surface area contributed by atoms with E-state index in [1.165, 1.54) is 89.0 Å². The van der Waals surface area contributed by atoms with E-state index in [2.05, 4.69) is 246 Å². The van der Waals surface area contributed by atoms with Gasteiger partial charge < -0.3 is 0 Å². The Bertz CT molecular complexity index is 2050. The molecule has 6 rings (SSSR count). The molecule has 0 unspecified atom stereocenters. The maximum Gasteiger partial charge on any atom is -0.0132 e. The van der Waals surface area contributed by atoms with Crippen LogP contribution >= 0.6 is 0 Å².